The Morgan fingerprint density at radius 3 is 1.41 bits per heavy atom. The monoisotopic (exact) mass is 1020 g/mol. The number of aliphatic carboxylic acids is 4. The van der Waals surface area contributed by atoms with Crippen molar-refractivity contribution in [2.24, 2.45) is 5.41 Å². The summed E-state index contributed by atoms with van der Waals surface area (Å²) < 4.78 is 58.6. The van der Waals surface area contributed by atoms with Crippen LogP contribution in [0.1, 0.15) is 115 Å². The molecule has 0 unspecified atom stereocenters. The third-order valence-electron chi connectivity index (χ3n) is 8.96. The first-order chi connectivity index (χ1) is 31.8. The van der Waals surface area contributed by atoms with Crippen LogP contribution in [-0.4, -0.2) is 100.0 Å². The number of fused-ring (bicyclic) bond motifs is 1. The number of Topliss-reactive ketones (excluding diaryl/α,β-unsaturated/α-hetero) is 1. The lowest BCUT2D eigenvalue weighted by Gasteiger charge is -2.16. The maximum atomic E-state index is 12.7. The minimum absolute atomic E-state index is 0.00972. The van der Waals surface area contributed by atoms with Gasteiger partial charge in [-0.05, 0) is 92.4 Å². The van der Waals surface area contributed by atoms with Crippen molar-refractivity contribution in [2.45, 2.75) is 103 Å². The minimum Gasteiger partial charge on any atom is -0.481 e. The maximum absolute atomic E-state index is 12.7. The first kappa shape index (κ1) is 64.4. The van der Waals surface area contributed by atoms with Crippen LogP contribution in [0, 0.1) is 18.2 Å². The standard InChI is InChI=1S/C12H8O4.C9H9ClO2.C8H7FO2.C8H14O3.C7H14O2.C3HClF4O2/c13-11(14)8-5-1-3-7-4-2-6-9(10(7)8)12(15)16;10-8(9(11)12)6-7-4-2-1-3-5-7;1-5-6(8(10)11)3-2-4-7(5)9;1-2-3-4-5-6-7(9)8(10)11;1-4-5-7(2,3)6(8)9;4-3(7,8)2(5,6)1(9)10/h1-6H,(H,13,14)(H,15,16);1-5,8H,6H2,(H,11,12);2-4H,1H3,(H,10,11);2-6H2,1H3,(H,10,11);4-5H2,1-3H3,(H,8,9);(H,9,10)/t;8-;;;;/m.0..../s1. The van der Waals surface area contributed by atoms with Crippen molar-refractivity contribution in [3.8, 4) is 0 Å². The number of ketones is 1. The van der Waals surface area contributed by atoms with E-state index in [0.29, 0.717) is 18.2 Å². The Morgan fingerprint density at radius 1 is 0.609 bits per heavy atom. The quantitative estimate of drug-likeness (QED) is 0.0224. The van der Waals surface area contributed by atoms with Crippen molar-refractivity contribution in [3.63, 3.8) is 0 Å². The second-order valence-electron chi connectivity index (χ2n) is 14.9. The zero-order valence-corrected chi connectivity index (χ0v) is 39.4. The molecule has 0 fully saturated rings. The molecular weight excluding hydrogens is 970 g/mol. The van der Waals surface area contributed by atoms with Gasteiger partial charge in [-0.3, -0.25) is 14.4 Å². The summed E-state index contributed by atoms with van der Waals surface area (Å²) in [5.74, 6) is -15.6. The number of halogens is 7. The van der Waals surface area contributed by atoms with Crippen LogP contribution in [0.2, 0.25) is 0 Å². The molecule has 0 saturated carbocycles. The number of carboxylic acids is 7. The van der Waals surface area contributed by atoms with E-state index < -0.39 is 75.5 Å². The molecule has 4 aromatic carbocycles. The van der Waals surface area contributed by atoms with Crippen LogP contribution in [0.5, 0.6) is 0 Å². The molecule has 0 saturated heterocycles. The molecule has 0 amide bonds. The van der Waals surface area contributed by atoms with Crippen molar-refractivity contribution in [3.05, 3.63) is 119 Å². The van der Waals surface area contributed by atoms with Gasteiger partial charge in [0.1, 0.15) is 11.2 Å². The molecule has 0 spiro atoms. The zero-order valence-electron chi connectivity index (χ0n) is 37.9. The van der Waals surface area contributed by atoms with Gasteiger partial charge in [0, 0.05) is 11.8 Å². The smallest absolute Gasteiger partial charge is 0.418 e. The molecule has 0 aliphatic heterocycles. The average molecular weight is 1020 g/mol. The summed E-state index contributed by atoms with van der Waals surface area (Å²) >= 11 is 9.31. The van der Waals surface area contributed by atoms with Gasteiger partial charge in [0.05, 0.1) is 22.1 Å². The molecule has 69 heavy (non-hydrogen) atoms. The van der Waals surface area contributed by atoms with Gasteiger partial charge in [0.15, 0.2) is 0 Å². The molecular formula is C47H53Cl2F5O15. The number of rotatable bonds is 17. The molecule has 15 nitrogen and oxygen atoms in total. The van der Waals surface area contributed by atoms with Crippen molar-refractivity contribution < 1.29 is 96.1 Å². The number of hydrogen-bond acceptors (Lipinski definition) is 8. The highest BCUT2D eigenvalue weighted by atomic mass is 35.5. The van der Waals surface area contributed by atoms with E-state index in [-0.39, 0.29) is 34.1 Å². The SMILES string of the molecule is CCCC(C)(C)C(=O)O.CCCCCCC(=O)C(=O)O.Cc1c(F)cccc1C(=O)O.O=C(O)C(F)(F)C(F)(F)Cl.O=C(O)[C@@H](Cl)Cc1ccccc1.O=C(O)c1cccc2cccc(C(=O)O)c12. The Hall–Kier alpha value is -6.67. The molecule has 0 radical (unpaired) electrons. The van der Waals surface area contributed by atoms with E-state index in [1.54, 1.807) is 38.1 Å². The number of alkyl halides is 6. The number of aromatic carboxylic acids is 3. The van der Waals surface area contributed by atoms with E-state index in [0.717, 1.165) is 37.7 Å². The van der Waals surface area contributed by atoms with Gasteiger partial charge in [0.25, 0.3) is 0 Å². The van der Waals surface area contributed by atoms with Crippen molar-refractivity contribution in [1.82, 2.24) is 0 Å². The lowest BCUT2D eigenvalue weighted by molar-refractivity contribution is -0.197. The van der Waals surface area contributed by atoms with E-state index in [1.165, 1.54) is 37.3 Å². The molecule has 1 atom stereocenters. The van der Waals surface area contributed by atoms with Gasteiger partial charge in [-0.2, -0.15) is 17.6 Å². The number of benzene rings is 4. The average Bonchev–Trinajstić information content (AvgIpc) is 3.26. The second-order valence-corrected chi connectivity index (χ2v) is 15.9. The third-order valence-corrected chi connectivity index (χ3v) is 9.54. The maximum Gasteiger partial charge on any atom is 0.418 e. The Bertz CT molecular complexity index is 2290. The van der Waals surface area contributed by atoms with Crippen LogP contribution in [-0.2, 0) is 30.4 Å². The molecule has 0 aliphatic carbocycles. The molecule has 0 bridgehead atoms. The van der Waals surface area contributed by atoms with Gasteiger partial charge in [-0.15, -0.1) is 11.6 Å². The van der Waals surface area contributed by atoms with Gasteiger partial charge in [-0.25, -0.2) is 28.4 Å². The molecule has 380 valence electrons. The Labute approximate surface area is 403 Å². The predicted molar refractivity (Wildman–Crippen MR) is 244 cm³/mol. The Kier molecular flexibility index (Phi) is 29.3. The highest BCUT2D eigenvalue weighted by Crippen LogP contribution is 2.37. The van der Waals surface area contributed by atoms with Crippen LogP contribution in [0.25, 0.3) is 10.8 Å². The van der Waals surface area contributed by atoms with E-state index >= 15 is 0 Å². The number of carbonyl (C=O) groups excluding carboxylic acids is 1. The molecule has 0 aromatic heterocycles. The van der Waals surface area contributed by atoms with E-state index in [9.17, 15) is 60.3 Å². The molecule has 7 N–H and O–H groups in total. The molecule has 22 heteroatoms. The summed E-state index contributed by atoms with van der Waals surface area (Å²) in [7, 11) is 0. The largest absolute Gasteiger partial charge is 0.481 e. The number of hydrogen-bond donors (Lipinski definition) is 7. The fraction of sp³-hybridized carbons (Fsp3) is 0.362. The summed E-state index contributed by atoms with van der Waals surface area (Å²) in [4.78, 5) is 83.1. The van der Waals surface area contributed by atoms with Crippen LogP contribution in [0.15, 0.2) is 84.9 Å². The highest BCUT2D eigenvalue weighted by molar-refractivity contribution is 6.32. The van der Waals surface area contributed by atoms with Crippen LogP contribution in [0.3, 0.4) is 0 Å². The van der Waals surface area contributed by atoms with Gasteiger partial charge in [0.2, 0.25) is 5.78 Å². The van der Waals surface area contributed by atoms with E-state index in [4.69, 9.17) is 47.3 Å². The first-order valence-corrected chi connectivity index (χ1v) is 21.2. The van der Waals surface area contributed by atoms with E-state index in [2.05, 4.69) is 18.5 Å². The van der Waals surface area contributed by atoms with Gasteiger partial charge < -0.3 is 35.7 Å². The first-order valence-electron chi connectivity index (χ1n) is 20.4. The van der Waals surface area contributed by atoms with Crippen LogP contribution < -0.4 is 0 Å². The lowest BCUT2D eigenvalue weighted by Crippen LogP contribution is -2.43. The molecule has 0 heterocycles. The normalized spacial score (nSPS) is 11.0. The number of unbranched alkanes of at least 4 members (excludes halogenated alkanes) is 3. The van der Waals surface area contributed by atoms with Crippen LogP contribution >= 0.6 is 23.2 Å². The predicted octanol–water partition coefficient (Wildman–Crippen LogP) is 11.0. The second kappa shape index (κ2) is 31.4. The van der Waals surface area contributed by atoms with Crippen LogP contribution in [0.4, 0.5) is 22.0 Å². The summed E-state index contributed by atoms with van der Waals surface area (Å²) in [5, 5.41) is 54.3. The van der Waals surface area contributed by atoms with Crippen molar-refractivity contribution >= 4 is 81.5 Å². The van der Waals surface area contributed by atoms with Gasteiger partial charge >= 0.3 is 53.1 Å². The summed E-state index contributed by atoms with van der Waals surface area (Å²) in [6.45, 7) is 9.00. The fourth-order valence-electron chi connectivity index (χ4n) is 5.12. The third kappa shape index (κ3) is 24.3. The summed E-state index contributed by atoms with van der Waals surface area (Å²) in [6.07, 6.45) is 6.08. The van der Waals surface area contributed by atoms with Gasteiger partial charge in [-0.1, -0.05) is 100 Å². The zero-order chi connectivity index (χ0) is 53.9. The fourth-order valence-corrected chi connectivity index (χ4v) is 5.38. The molecule has 4 rings (SSSR count). The summed E-state index contributed by atoms with van der Waals surface area (Å²) in [5.41, 5.74) is 0.630. The molecule has 0 aliphatic rings. The van der Waals surface area contributed by atoms with Crippen molar-refractivity contribution in [2.75, 3.05) is 0 Å². The molecule has 4 aromatic rings. The number of carbonyl (C=O) groups is 8. The number of carboxylic acid groups (broad SMARTS) is 7. The minimum atomic E-state index is -5.21. The van der Waals surface area contributed by atoms with Crippen molar-refractivity contribution in [1.29, 1.82) is 0 Å². The topological polar surface area (TPSA) is 278 Å². The van der Waals surface area contributed by atoms with E-state index in [1.807, 2.05) is 37.3 Å². The summed E-state index contributed by atoms with van der Waals surface area (Å²) in [6, 6.07) is 22.7. The highest BCUT2D eigenvalue weighted by Gasteiger charge is 2.61. The Balaban J connectivity index is 0. The lowest BCUT2D eigenvalue weighted by atomic mass is 9.88. The Morgan fingerprint density at radius 2 is 1.07 bits per heavy atom.